The summed E-state index contributed by atoms with van der Waals surface area (Å²) in [5, 5.41) is 0. The molecule has 130 valence electrons. The molecular formula is C17H27FN2O2S. The highest BCUT2D eigenvalue weighted by Gasteiger charge is 2.24. The molecule has 1 aromatic carbocycles. The molecule has 1 aliphatic heterocycles. The van der Waals surface area contributed by atoms with Crippen molar-refractivity contribution in [2.45, 2.75) is 44.9 Å². The van der Waals surface area contributed by atoms with Crippen LogP contribution in [-0.4, -0.2) is 39.0 Å². The van der Waals surface area contributed by atoms with E-state index in [0.29, 0.717) is 18.0 Å². The number of halogens is 1. The number of rotatable bonds is 8. The summed E-state index contributed by atoms with van der Waals surface area (Å²) < 4.78 is 40.2. The molecular weight excluding hydrogens is 315 g/mol. The summed E-state index contributed by atoms with van der Waals surface area (Å²) in [5.41, 5.74) is 0.598. The van der Waals surface area contributed by atoms with E-state index in [4.69, 9.17) is 0 Å². The first-order chi connectivity index (χ1) is 10.9. The standard InChI is InChI=1S/C17H27FN2O2S/c1-14(2)11-17(20-9-3-4-10-20)12-19-23(21,22)13-15-5-7-16(18)8-6-15/h5-8,14,17,19H,3-4,9-13H2,1-2H3. The first-order valence-corrected chi connectivity index (χ1v) is 9.97. The molecule has 1 saturated heterocycles. The Hall–Kier alpha value is -0.980. The summed E-state index contributed by atoms with van der Waals surface area (Å²) in [6.07, 6.45) is 3.37. The Morgan fingerprint density at radius 3 is 2.35 bits per heavy atom. The van der Waals surface area contributed by atoms with E-state index in [1.165, 1.54) is 37.1 Å². The fourth-order valence-electron chi connectivity index (χ4n) is 3.09. The lowest BCUT2D eigenvalue weighted by atomic mass is 10.0. The van der Waals surface area contributed by atoms with Crippen LogP contribution in [0.3, 0.4) is 0 Å². The third-order valence-electron chi connectivity index (χ3n) is 4.21. The van der Waals surface area contributed by atoms with Gasteiger partial charge in [-0.15, -0.1) is 0 Å². The normalized spacial score (nSPS) is 17.7. The van der Waals surface area contributed by atoms with Crippen LogP contribution in [-0.2, 0) is 15.8 Å². The van der Waals surface area contributed by atoms with Gasteiger partial charge < -0.3 is 0 Å². The summed E-state index contributed by atoms with van der Waals surface area (Å²) >= 11 is 0. The van der Waals surface area contributed by atoms with Crippen molar-refractivity contribution in [3.63, 3.8) is 0 Å². The predicted octanol–water partition coefficient (Wildman–Crippen LogP) is 2.76. The van der Waals surface area contributed by atoms with Crippen molar-refractivity contribution < 1.29 is 12.8 Å². The van der Waals surface area contributed by atoms with E-state index >= 15 is 0 Å². The molecule has 0 amide bonds. The van der Waals surface area contributed by atoms with Gasteiger partial charge in [0.15, 0.2) is 0 Å². The van der Waals surface area contributed by atoms with Gasteiger partial charge in [0.1, 0.15) is 5.82 Å². The van der Waals surface area contributed by atoms with Gasteiger partial charge in [-0.3, -0.25) is 4.90 Å². The molecule has 1 aromatic rings. The summed E-state index contributed by atoms with van der Waals surface area (Å²) in [6.45, 7) is 6.88. The highest BCUT2D eigenvalue weighted by molar-refractivity contribution is 7.88. The largest absolute Gasteiger partial charge is 0.299 e. The average Bonchev–Trinajstić information content (AvgIpc) is 2.99. The van der Waals surface area contributed by atoms with Crippen LogP contribution in [0, 0.1) is 11.7 Å². The highest BCUT2D eigenvalue weighted by Crippen LogP contribution is 2.17. The molecule has 4 nitrogen and oxygen atoms in total. The van der Waals surface area contributed by atoms with Crippen LogP contribution in [0.1, 0.15) is 38.7 Å². The SMILES string of the molecule is CC(C)CC(CNS(=O)(=O)Cc1ccc(F)cc1)N1CCCC1. The maximum absolute atomic E-state index is 12.9. The molecule has 0 saturated carbocycles. The van der Waals surface area contributed by atoms with Gasteiger partial charge in [0, 0.05) is 12.6 Å². The molecule has 0 radical (unpaired) electrons. The van der Waals surface area contributed by atoms with E-state index in [2.05, 4.69) is 23.5 Å². The average molecular weight is 342 g/mol. The van der Waals surface area contributed by atoms with Crippen LogP contribution >= 0.6 is 0 Å². The van der Waals surface area contributed by atoms with Gasteiger partial charge in [0.05, 0.1) is 5.75 Å². The van der Waals surface area contributed by atoms with E-state index in [0.717, 1.165) is 19.5 Å². The minimum atomic E-state index is -3.41. The number of nitrogens with zero attached hydrogens (tertiary/aromatic N) is 1. The van der Waals surface area contributed by atoms with Gasteiger partial charge in [-0.1, -0.05) is 26.0 Å². The third kappa shape index (κ3) is 6.20. The third-order valence-corrected chi connectivity index (χ3v) is 5.53. The monoisotopic (exact) mass is 342 g/mol. The Balaban J connectivity index is 1.93. The number of benzene rings is 1. The maximum atomic E-state index is 12.9. The van der Waals surface area contributed by atoms with Gasteiger partial charge in [-0.25, -0.2) is 17.5 Å². The minimum Gasteiger partial charge on any atom is -0.299 e. The summed E-state index contributed by atoms with van der Waals surface area (Å²) in [4.78, 5) is 2.39. The molecule has 2 rings (SSSR count). The lowest BCUT2D eigenvalue weighted by Gasteiger charge is -2.29. The van der Waals surface area contributed by atoms with Crippen LogP contribution in [0.4, 0.5) is 4.39 Å². The first kappa shape index (κ1) is 18.4. The molecule has 23 heavy (non-hydrogen) atoms. The summed E-state index contributed by atoms with van der Waals surface area (Å²) in [6, 6.07) is 5.86. The van der Waals surface area contributed by atoms with E-state index in [-0.39, 0.29) is 17.6 Å². The van der Waals surface area contributed by atoms with Crippen molar-refractivity contribution in [1.29, 1.82) is 0 Å². The zero-order valence-electron chi connectivity index (χ0n) is 14.0. The van der Waals surface area contributed by atoms with Crippen molar-refractivity contribution in [1.82, 2.24) is 9.62 Å². The van der Waals surface area contributed by atoms with Crippen LogP contribution in [0.15, 0.2) is 24.3 Å². The van der Waals surface area contributed by atoms with E-state index in [9.17, 15) is 12.8 Å². The second kappa shape index (κ2) is 8.22. The Morgan fingerprint density at radius 2 is 1.78 bits per heavy atom. The molecule has 0 spiro atoms. The molecule has 1 atom stereocenters. The molecule has 1 aliphatic rings. The quantitative estimate of drug-likeness (QED) is 0.790. The minimum absolute atomic E-state index is 0.109. The topological polar surface area (TPSA) is 49.4 Å². The molecule has 0 bridgehead atoms. The number of likely N-dealkylation sites (tertiary alicyclic amines) is 1. The van der Waals surface area contributed by atoms with Crippen LogP contribution in [0.25, 0.3) is 0 Å². The second-order valence-electron chi connectivity index (χ2n) is 6.76. The number of hydrogen-bond donors (Lipinski definition) is 1. The molecule has 1 heterocycles. The maximum Gasteiger partial charge on any atom is 0.215 e. The van der Waals surface area contributed by atoms with E-state index in [1.807, 2.05) is 0 Å². The van der Waals surface area contributed by atoms with E-state index < -0.39 is 10.0 Å². The summed E-state index contributed by atoms with van der Waals surface area (Å²) in [7, 11) is -3.41. The lowest BCUT2D eigenvalue weighted by Crippen LogP contribution is -2.43. The van der Waals surface area contributed by atoms with Gasteiger partial charge in [-0.2, -0.15) is 0 Å². The lowest BCUT2D eigenvalue weighted by molar-refractivity contribution is 0.214. The smallest absolute Gasteiger partial charge is 0.215 e. The van der Waals surface area contributed by atoms with Gasteiger partial charge in [-0.05, 0) is 56.0 Å². The van der Waals surface area contributed by atoms with Crippen molar-refractivity contribution in [3.8, 4) is 0 Å². The zero-order valence-corrected chi connectivity index (χ0v) is 14.8. The molecule has 1 N–H and O–H groups in total. The van der Waals surface area contributed by atoms with E-state index in [1.54, 1.807) is 0 Å². The van der Waals surface area contributed by atoms with Crippen LogP contribution in [0.2, 0.25) is 0 Å². The van der Waals surface area contributed by atoms with Crippen LogP contribution < -0.4 is 4.72 Å². The second-order valence-corrected chi connectivity index (χ2v) is 8.57. The fraction of sp³-hybridized carbons (Fsp3) is 0.647. The number of sulfonamides is 1. The molecule has 0 aromatic heterocycles. The molecule has 1 unspecified atom stereocenters. The van der Waals surface area contributed by atoms with Crippen molar-refractivity contribution in [2.75, 3.05) is 19.6 Å². The molecule has 0 aliphatic carbocycles. The Kier molecular flexibility index (Phi) is 6.56. The van der Waals surface area contributed by atoms with Crippen molar-refractivity contribution >= 4 is 10.0 Å². The number of nitrogens with one attached hydrogen (secondary N) is 1. The van der Waals surface area contributed by atoms with Gasteiger partial charge in [0.25, 0.3) is 0 Å². The van der Waals surface area contributed by atoms with Crippen LogP contribution in [0.5, 0.6) is 0 Å². The Morgan fingerprint density at radius 1 is 1.17 bits per heavy atom. The van der Waals surface area contributed by atoms with Gasteiger partial charge in [0.2, 0.25) is 10.0 Å². The fourth-order valence-corrected chi connectivity index (χ4v) is 4.27. The molecule has 6 heteroatoms. The Bertz CT molecular complexity index is 581. The van der Waals surface area contributed by atoms with Gasteiger partial charge >= 0.3 is 0 Å². The Labute approximate surface area is 139 Å². The van der Waals surface area contributed by atoms with Crippen molar-refractivity contribution in [2.24, 2.45) is 5.92 Å². The number of hydrogen-bond acceptors (Lipinski definition) is 3. The zero-order chi connectivity index (χ0) is 16.9. The van der Waals surface area contributed by atoms with Crippen molar-refractivity contribution in [3.05, 3.63) is 35.6 Å². The highest BCUT2D eigenvalue weighted by atomic mass is 32.2. The summed E-state index contributed by atoms with van der Waals surface area (Å²) in [5.74, 6) is 0.0640. The predicted molar refractivity (Wildman–Crippen MR) is 91.1 cm³/mol. The molecule has 1 fully saturated rings. The first-order valence-electron chi connectivity index (χ1n) is 8.31.